The molecule has 2 aromatic carbocycles. The number of methoxy groups -OCH3 is 1. The normalized spacial score (nSPS) is 15.0. The summed E-state index contributed by atoms with van der Waals surface area (Å²) in [5.41, 5.74) is 2.64. The van der Waals surface area contributed by atoms with Crippen molar-refractivity contribution in [2.24, 2.45) is 0 Å². The monoisotopic (exact) mass is 375 g/mol. The number of phenols is 1. The van der Waals surface area contributed by atoms with Crippen molar-refractivity contribution in [3.63, 3.8) is 0 Å². The predicted molar refractivity (Wildman–Crippen MR) is 100 cm³/mol. The van der Waals surface area contributed by atoms with Gasteiger partial charge in [0.25, 0.3) is 0 Å². The lowest BCUT2D eigenvalue weighted by Gasteiger charge is -2.26. The number of aromatic hydroxyl groups is 1. The zero-order valence-electron chi connectivity index (χ0n) is 15.2. The van der Waals surface area contributed by atoms with Crippen LogP contribution in [-0.4, -0.2) is 28.9 Å². The van der Waals surface area contributed by atoms with Crippen molar-refractivity contribution in [1.82, 2.24) is 5.16 Å². The van der Waals surface area contributed by atoms with Crippen molar-refractivity contribution in [1.29, 1.82) is 0 Å². The highest BCUT2D eigenvalue weighted by Gasteiger charge is 2.43. The predicted octanol–water partition coefficient (Wildman–Crippen LogP) is 3.71. The van der Waals surface area contributed by atoms with Crippen molar-refractivity contribution in [2.45, 2.75) is 25.7 Å². The summed E-state index contributed by atoms with van der Waals surface area (Å²) in [6, 6.07) is 9.06. The maximum atomic E-state index is 13.4. The smallest absolute Gasteiger partial charge is 0.236 e. The molecule has 3 aromatic rings. The number of ether oxygens (including phenoxy) is 1. The van der Waals surface area contributed by atoms with Crippen LogP contribution >= 0.6 is 0 Å². The van der Waals surface area contributed by atoms with Gasteiger partial charge in [-0.3, -0.25) is 9.59 Å². The highest BCUT2D eigenvalue weighted by atomic mass is 16.5. The summed E-state index contributed by atoms with van der Waals surface area (Å²) in [7, 11) is 1.48. The molecule has 0 saturated heterocycles. The van der Waals surface area contributed by atoms with Gasteiger partial charge in [0.1, 0.15) is 22.8 Å². The average Bonchev–Trinajstić information content (AvgIpc) is 3.18. The first-order chi connectivity index (χ1) is 13.6. The Morgan fingerprint density at radius 2 is 1.68 bits per heavy atom. The molecule has 2 aliphatic rings. The van der Waals surface area contributed by atoms with Gasteiger partial charge in [0.2, 0.25) is 17.3 Å². The Hall–Kier alpha value is -3.41. The average molecular weight is 375 g/mol. The zero-order valence-corrected chi connectivity index (χ0v) is 15.2. The minimum atomic E-state index is -0.486. The Balaban J connectivity index is 1.80. The Morgan fingerprint density at radius 1 is 0.964 bits per heavy atom. The van der Waals surface area contributed by atoms with Crippen molar-refractivity contribution in [3.8, 4) is 22.8 Å². The van der Waals surface area contributed by atoms with E-state index in [-0.39, 0.29) is 28.2 Å². The Morgan fingerprint density at radius 3 is 2.39 bits per heavy atom. The third-order valence-electron chi connectivity index (χ3n) is 5.57. The van der Waals surface area contributed by atoms with Gasteiger partial charge in [0.05, 0.1) is 18.2 Å². The van der Waals surface area contributed by atoms with Gasteiger partial charge in [-0.05, 0) is 25.7 Å². The van der Waals surface area contributed by atoms with Crippen LogP contribution in [0.3, 0.4) is 0 Å². The summed E-state index contributed by atoms with van der Waals surface area (Å²) in [6.45, 7) is 0. The van der Waals surface area contributed by atoms with E-state index >= 15 is 0 Å². The molecule has 140 valence electrons. The lowest BCUT2D eigenvalue weighted by Crippen LogP contribution is -2.23. The molecule has 0 fully saturated rings. The first kappa shape index (κ1) is 16.7. The van der Waals surface area contributed by atoms with Crippen molar-refractivity contribution in [2.75, 3.05) is 7.11 Å². The fourth-order valence-electron chi connectivity index (χ4n) is 4.30. The third-order valence-corrected chi connectivity index (χ3v) is 5.57. The number of ketones is 2. The van der Waals surface area contributed by atoms with Crippen LogP contribution in [0.5, 0.6) is 11.5 Å². The van der Waals surface area contributed by atoms with Gasteiger partial charge in [-0.1, -0.05) is 35.5 Å². The van der Waals surface area contributed by atoms with Crippen LogP contribution in [0.15, 0.2) is 34.9 Å². The molecule has 0 saturated carbocycles. The van der Waals surface area contributed by atoms with Gasteiger partial charge in [-0.2, -0.15) is 0 Å². The van der Waals surface area contributed by atoms with Gasteiger partial charge in [0, 0.05) is 16.7 Å². The van der Waals surface area contributed by atoms with E-state index in [0.29, 0.717) is 35.4 Å². The van der Waals surface area contributed by atoms with E-state index in [1.807, 2.05) is 18.2 Å². The van der Waals surface area contributed by atoms with Gasteiger partial charge < -0.3 is 14.4 Å². The second-order valence-electron chi connectivity index (χ2n) is 7.06. The van der Waals surface area contributed by atoms with Gasteiger partial charge >= 0.3 is 0 Å². The number of phenolic OH excluding ortho intramolecular Hbond substituents is 1. The molecule has 0 radical (unpaired) electrons. The number of nitrogens with zero attached hydrogens (tertiary/aromatic N) is 1. The van der Waals surface area contributed by atoms with E-state index in [1.54, 1.807) is 12.1 Å². The largest absolute Gasteiger partial charge is 0.507 e. The van der Waals surface area contributed by atoms with E-state index in [2.05, 4.69) is 5.16 Å². The topological polar surface area (TPSA) is 89.6 Å². The summed E-state index contributed by atoms with van der Waals surface area (Å²) in [6.07, 6.45) is 3.20. The quantitative estimate of drug-likeness (QED) is 0.574. The summed E-state index contributed by atoms with van der Waals surface area (Å²) in [5, 5.41) is 14.9. The van der Waals surface area contributed by atoms with E-state index in [1.165, 1.54) is 7.11 Å². The van der Waals surface area contributed by atoms with Crippen LogP contribution in [0.25, 0.3) is 11.3 Å². The minimum absolute atomic E-state index is 0.00428. The molecule has 2 aliphatic carbocycles. The Kier molecular flexibility index (Phi) is 3.62. The molecule has 28 heavy (non-hydrogen) atoms. The number of rotatable bonds is 2. The van der Waals surface area contributed by atoms with Crippen LogP contribution < -0.4 is 4.74 Å². The minimum Gasteiger partial charge on any atom is -0.507 e. The highest BCUT2D eigenvalue weighted by Crippen LogP contribution is 2.47. The lowest BCUT2D eigenvalue weighted by atomic mass is 9.79. The molecule has 0 spiro atoms. The van der Waals surface area contributed by atoms with Gasteiger partial charge in [-0.25, -0.2) is 0 Å². The molecule has 0 bridgehead atoms. The number of hydrogen-bond donors (Lipinski definition) is 1. The molecular formula is C22H17NO5. The van der Waals surface area contributed by atoms with Crippen LogP contribution in [-0.2, 0) is 12.8 Å². The summed E-state index contributed by atoms with van der Waals surface area (Å²) in [4.78, 5) is 26.7. The second-order valence-corrected chi connectivity index (χ2v) is 7.06. The van der Waals surface area contributed by atoms with Crippen LogP contribution in [0, 0.1) is 0 Å². The number of hydrogen-bond acceptors (Lipinski definition) is 6. The molecule has 1 aromatic heterocycles. The third kappa shape index (κ3) is 2.11. The number of fused-ring (bicyclic) bond motifs is 3. The van der Waals surface area contributed by atoms with Gasteiger partial charge in [-0.15, -0.1) is 0 Å². The molecule has 5 rings (SSSR count). The highest BCUT2D eigenvalue weighted by molar-refractivity contribution is 6.31. The van der Waals surface area contributed by atoms with E-state index in [9.17, 15) is 14.7 Å². The maximum Gasteiger partial charge on any atom is 0.236 e. The molecular weight excluding hydrogens is 358 g/mol. The fraction of sp³-hybridized carbons (Fsp3) is 0.227. The van der Waals surface area contributed by atoms with E-state index < -0.39 is 11.6 Å². The van der Waals surface area contributed by atoms with Crippen LogP contribution in [0.4, 0.5) is 0 Å². The van der Waals surface area contributed by atoms with E-state index in [0.717, 1.165) is 18.4 Å². The zero-order chi connectivity index (χ0) is 19.4. The van der Waals surface area contributed by atoms with Gasteiger partial charge in [0.15, 0.2) is 0 Å². The number of carbonyl (C=O) groups is 2. The van der Waals surface area contributed by atoms with Crippen molar-refractivity contribution >= 4 is 11.6 Å². The molecule has 1 heterocycles. The first-order valence-corrected chi connectivity index (χ1v) is 9.22. The Labute approximate surface area is 160 Å². The molecule has 0 amide bonds. The number of benzene rings is 2. The van der Waals surface area contributed by atoms with Crippen molar-refractivity contribution < 1.29 is 24.0 Å². The summed E-state index contributed by atoms with van der Waals surface area (Å²) < 4.78 is 10.9. The molecule has 0 unspecified atom stereocenters. The molecule has 6 heteroatoms. The second kappa shape index (κ2) is 6.05. The van der Waals surface area contributed by atoms with Crippen LogP contribution in [0.1, 0.15) is 56.0 Å². The standard InChI is InChI=1S/C22H17NO5/c1-27-21-13-10-6-5-9-12(13)18(24)14-15(21)20(26)22-16(19(14)25)17(23-28-22)11-7-3-2-4-8-11/h2-4,7-8,24H,5-6,9-10H2,1H3. The first-order valence-electron chi connectivity index (χ1n) is 9.22. The maximum absolute atomic E-state index is 13.4. The number of aromatic nitrogens is 1. The Bertz CT molecular complexity index is 1140. The van der Waals surface area contributed by atoms with Crippen LogP contribution in [0.2, 0.25) is 0 Å². The lowest BCUT2D eigenvalue weighted by molar-refractivity contribution is 0.0949. The molecule has 0 aliphatic heterocycles. The molecule has 0 atom stereocenters. The summed E-state index contributed by atoms with van der Waals surface area (Å²) >= 11 is 0. The van der Waals surface area contributed by atoms with E-state index in [4.69, 9.17) is 9.26 Å². The number of carbonyl (C=O) groups excluding carboxylic acids is 2. The molecule has 6 nitrogen and oxygen atoms in total. The fourth-order valence-corrected chi connectivity index (χ4v) is 4.30. The van der Waals surface area contributed by atoms with Crippen molar-refractivity contribution in [3.05, 3.63) is 63.9 Å². The summed E-state index contributed by atoms with van der Waals surface area (Å²) in [5.74, 6) is -0.808. The SMILES string of the molecule is COc1c2c(c(O)c3c1C(=O)c1onc(-c4ccccc4)c1C3=O)CCCC2. The molecule has 1 N–H and O–H groups in total.